The van der Waals surface area contributed by atoms with E-state index in [0.29, 0.717) is 0 Å². The molecule has 0 saturated heterocycles. The number of anilines is 2. The van der Waals surface area contributed by atoms with E-state index in [1.165, 1.54) is 0 Å². The van der Waals surface area contributed by atoms with Gasteiger partial charge in [-0.3, -0.25) is 0 Å². The van der Waals surface area contributed by atoms with E-state index in [4.69, 9.17) is 15.6 Å². The van der Waals surface area contributed by atoms with Crippen LogP contribution in [0.3, 0.4) is 0 Å². The lowest BCUT2D eigenvalue weighted by molar-refractivity contribution is 1.03. The maximum atomic E-state index is 7.22. The van der Waals surface area contributed by atoms with Gasteiger partial charge in [-0.25, -0.2) is 0 Å². The molecule has 5 N–H and O–H groups in total. The fraction of sp³-hybridized carbons (Fsp3) is 0.167. The molecule has 0 amide bonds. The second-order valence-corrected chi connectivity index (χ2v) is 2.28. The Hall–Kier alpha value is -1.85. The second kappa shape index (κ2) is 2.07. The zero-order valence-corrected chi connectivity index (χ0v) is 6.00. The van der Waals surface area contributed by atoms with Crippen molar-refractivity contribution in [3.63, 3.8) is 0 Å². The molecule has 0 aliphatic carbocycles. The van der Waals surface area contributed by atoms with Crippen molar-refractivity contribution in [1.29, 1.82) is 0 Å². The summed E-state index contributed by atoms with van der Waals surface area (Å²) >= 11 is 0. The molecule has 0 atom stereocenters. The van der Waals surface area contributed by atoms with E-state index < -0.39 is 6.85 Å². The average Bonchev–Trinajstić information content (AvgIpc) is 2.45. The first kappa shape index (κ1) is 4.24. The Labute approximate surface area is 72.6 Å². The van der Waals surface area contributed by atoms with Crippen molar-refractivity contribution in [1.82, 2.24) is 20.2 Å². The van der Waals surface area contributed by atoms with Crippen molar-refractivity contribution in [2.45, 2.75) is 6.85 Å². The number of nitrogens with two attached hydrogens (primary N) is 2. The van der Waals surface area contributed by atoms with Crippen molar-refractivity contribution < 1.29 is 4.11 Å². The highest BCUT2D eigenvalue weighted by Crippen LogP contribution is 2.25. The van der Waals surface area contributed by atoms with Gasteiger partial charge >= 0.3 is 0 Å². The van der Waals surface area contributed by atoms with Gasteiger partial charge in [0.15, 0.2) is 5.82 Å². The average molecular weight is 167 g/mol. The van der Waals surface area contributed by atoms with Crippen LogP contribution >= 0.6 is 0 Å². The van der Waals surface area contributed by atoms with E-state index in [9.17, 15) is 0 Å². The van der Waals surface area contributed by atoms with Crippen LogP contribution in [0.2, 0.25) is 0 Å². The molecule has 0 bridgehead atoms. The van der Waals surface area contributed by atoms with Gasteiger partial charge in [-0.15, -0.1) is 5.10 Å². The fourth-order valence-corrected chi connectivity index (χ4v) is 0.972. The molecule has 0 spiro atoms. The van der Waals surface area contributed by atoms with Gasteiger partial charge in [0.05, 0.1) is 11.3 Å². The van der Waals surface area contributed by atoms with Gasteiger partial charge < -0.3 is 16.5 Å². The minimum Gasteiger partial charge on any atom is -0.385 e. The number of fused-ring (bicyclic) bond motifs is 1. The minimum atomic E-state index is -2.37. The summed E-state index contributed by atoms with van der Waals surface area (Å²) in [5.41, 5.74) is 11.0. The molecule has 2 aliphatic heterocycles. The lowest BCUT2D eigenvalue weighted by Gasteiger charge is -2.02. The number of aryl methyl sites for hydroxylation is 1. The summed E-state index contributed by atoms with van der Waals surface area (Å²) in [5.74, 6) is 0.306. The number of H-pyrrole nitrogens is 1. The molecule has 0 aromatic rings. The number of aromatic amines is 1. The van der Waals surface area contributed by atoms with E-state index in [2.05, 4.69) is 20.2 Å². The maximum absolute atomic E-state index is 7.22. The first-order chi connectivity index (χ1) is 6.89. The van der Waals surface area contributed by atoms with Gasteiger partial charge in [0.25, 0.3) is 0 Å². The van der Waals surface area contributed by atoms with Crippen molar-refractivity contribution in [3.05, 3.63) is 5.69 Å². The maximum Gasteiger partial charge on any atom is 0.201 e. The second-order valence-electron chi connectivity index (χ2n) is 2.28. The van der Waals surface area contributed by atoms with Crippen LogP contribution in [0.4, 0.5) is 11.8 Å². The molecular weight excluding hydrogens is 156 g/mol. The summed E-state index contributed by atoms with van der Waals surface area (Å²) in [5, 5.41) is 7.14. The highest BCUT2D eigenvalue weighted by Gasteiger charge is 2.15. The Morgan fingerprint density at radius 1 is 1.42 bits per heavy atom. The first-order valence-electron chi connectivity index (χ1n) is 4.67. The van der Waals surface area contributed by atoms with Gasteiger partial charge in [-0.2, -0.15) is 10.1 Å². The summed E-state index contributed by atoms with van der Waals surface area (Å²) in [4.78, 5) is 6.32. The largest absolute Gasteiger partial charge is 0.385 e. The van der Waals surface area contributed by atoms with E-state index in [1.54, 1.807) is 0 Å². The van der Waals surface area contributed by atoms with Gasteiger partial charge in [0, 0.05) is 4.11 Å². The molecule has 6 nitrogen and oxygen atoms in total. The monoisotopic (exact) mass is 167 g/mol. The van der Waals surface area contributed by atoms with Gasteiger partial charge in [0.1, 0.15) is 5.82 Å². The molecule has 0 aromatic heterocycles. The molecule has 12 heavy (non-hydrogen) atoms. The van der Waals surface area contributed by atoms with Crippen LogP contribution in [0, 0.1) is 6.85 Å². The third kappa shape index (κ3) is 0.777. The number of hydrogen-bond donors (Lipinski definition) is 3. The molecule has 2 aliphatic rings. The van der Waals surface area contributed by atoms with E-state index in [-0.39, 0.29) is 28.8 Å². The molecule has 2 heterocycles. The molecule has 0 saturated carbocycles. The Kier molecular flexibility index (Phi) is 0.731. The van der Waals surface area contributed by atoms with Crippen LogP contribution in [0.15, 0.2) is 0 Å². The standard InChI is InChI=1S/C6H8N6/c1-2-3-4(7)9-6(8)10-5(3)12-11-2/h1H3,(H5,7,8,9,10,11,12)/i1D3. The summed E-state index contributed by atoms with van der Waals surface area (Å²) in [6.45, 7) is -2.37. The van der Waals surface area contributed by atoms with Crippen LogP contribution in [0.1, 0.15) is 9.81 Å². The summed E-state index contributed by atoms with van der Waals surface area (Å²) in [6, 6.07) is 0. The first-order valence-corrected chi connectivity index (χ1v) is 3.17. The fourth-order valence-electron chi connectivity index (χ4n) is 0.972. The molecule has 0 fully saturated rings. The Balaban J connectivity index is 2.72. The lowest BCUT2D eigenvalue weighted by atomic mass is 10.2. The highest BCUT2D eigenvalue weighted by atomic mass is 15.2. The molecule has 2 rings (SSSR count). The third-order valence-corrected chi connectivity index (χ3v) is 1.46. The third-order valence-electron chi connectivity index (χ3n) is 1.46. The number of nitrogens with one attached hydrogen (secondary N) is 1. The summed E-state index contributed by atoms with van der Waals surface area (Å²) < 4.78 is 21.7. The van der Waals surface area contributed by atoms with Gasteiger partial charge in [-0.05, 0) is 6.85 Å². The summed E-state index contributed by atoms with van der Waals surface area (Å²) in [7, 11) is 0. The van der Waals surface area contributed by atoms with Crippen molar-refractivity contribution in [2.75, 3.05) is 11.5 Å². The normalized spacial score (nSPS) is 15.5. The molecule has 0 unspecified atom stereocenters. The molecule has 62 valence electrons. The summed E-state index contributed by atoms with van der Waals surface area (Å²) in [6.07, 6.45) is 0. The van der Waals surface area contributed by atoms with Crippen LogP contribution in [-0.4, -0.2) is 20.2 Å². The number of rotatable bonds is 0. The van der Waals surface area contributed by atoms with Crippen LogP contribution in [-0.2, 0) is 0 Å². The molecule has 0 aromatic carbocycles. The Morgan fingerprint density at radius 3 is 3.00 bits per heavy atom. The van der Waals surface area contributed by atoms with Crippen LogP contribution in [0.5, 0.6) is 0 Å². The number of nitrogens with zero attached hydrogens (tertiary/aromatic N) is 3. The molecular formula is C6H8N6. The zero-order chi connectivity index (χ0) is 11.2. The quantitative estimate of drug-likeness (QED) is 0.502. The van der Waals surface area contributed by atoms with Gasteiger partial charge in [0.2, 0.25) is 5.95 Å². The SMILES string of the molecule is [2H]C([2H])([2H])c1nnc2nc(N)[nH]c(N)c1-2. The predicted octanol–water partition coefficient (Wildman–Crippen LogP) is -0.223. The van der Waals surface area contributed by atoms with Crippen molar-refractivity contribution >= 4 is 11.8 Å². The van der Waals surface area contributed by atoms with E-state index in [0.717, 1.165) is 0 Å². The van der Waals surface area contributed by atoms with E-state index >= 15 is 0 Å². The predicted molar refractivity (Wildman–Crippen MR) is 44.4 cm³/mol. The minimum absolute atomic E-state index is 0.0667. The van der Waals surface area contributed by atoms with Crippen LogP contribution < -0.4 is 11.5 Å². The molecule has 6 heteroatoms. The lowest BCUT2D eigenvalue weighted by Crippen LogP contribution is -2.03. The van der Waals surface area contributed by atoms with Crippen molar-refractivity contribution in [2.24, 2.45) is 0 Å². The highest BCUT2D eigenvalue weighted by molar-refractivity contribution is 5.72. The number of aromatic nitrogens is 4. The number of hydrogen-bond acceptors (Lipinski definition) is 5. The Bertz CT molecular complexity index is 475. The number of nitrogen functional groups attached to an aromatic ring is 2. The Morgan fingerprint density at radius 2 is 2.25 bits per heavy atom. The van der Waals surface area contributed by atoms with Crippen LogP contribution in [0.25, 0.3) is 11.4 Å². The van der Waals surface area contributed by atoms with Crippen molar-refractivity contribution in [3.8, 4) is 11.4 Å². The zero-order valence-electron chi connectivity index (χ0n) is 9.00. The van der Waals surface area contributed by atoms with E-state index in [1.807, 2.05) is 0 Å². The topological polar surface area (TPSA) is 106 Å². The van der Waals surface area contributed by atoms with Gasteiger partial charge in [-0.1, -0.05) is 0 Å². The molecule has 0 radical (unpaired) electrons. The smallest absolute Gasteiger partial charge is 0.201 e.